The Morgan fingerprint density at radius 2 is 1.81 bits per heavy atom. The fourth-order valence-corrected chi connectivity index (χ4v) is 5.56. The van der Waals surface area contributed by atoms with Gasteiger partial charge < -0.3 is 9.74 Å². The molecule has 0 spiro atoms. The van der Waals surface area contributed by atoms with E-state index < -0.39 is 8.32 Å². The molecular formula is C22H36FNOSi. The van der Waals surface area contributed by atoms with Crippen LogP contribution >= 0.6 is 0 Å². The Balaban J connectivity index is 2.25. The molecule has 0 saturated carbocycles. The summed E-state index contributed by atoms with van der Waals surface area (Å²) in [4.78, 5) is 0. The van der Waals surface area contributed by atoms with Gasteiger partial charge in [0.05, 0.1) is 5.60 Å². The fraction of sp³-hybridized carbons (Fsp3) is 0.636. The van der Waals surface area contributed by atoms with Gasteiger partial charge in [-0.2, -0.15) is 0 Å². The first-order valence-corrected chi connectivity index (χ1v) is 12.6. The number of benzene rings is 1. The van der Waals surface area contributed by atoms with E-state index >= 15 is 0 Å². The molecule has 1 N–H and O–H groups in total. The Hall–Kier alpha value is -0.973. The lowest BCUT2D eigenvalue weighted by Crippen LogP contribution is -2.56. The molecule has 1 aromatic rings. The van der Waals surface area contributed by atoms with E-state index in [1.54, 1.807) is 12.1 Å². The molecule has 1 aromatic carbocycles. The summed E-state index contributed by atoms with van der Waals surface area (Å²) in [5, 5.41) is 4.04. The van der Waals surface area contributed by atoms with Crippen molar-refractivity contribution in [2.24, 2.45) is 0 Å². The lowest BCUT2D eigenvalue weighted by Gasteiger charge is -2.46. The van der Waals surface area contributed by atoms with E-state index in [-0.39, 0.29) is 28.0 Å². The summed E-state index contributed by atoms with van der Waals surface area (Å²) in [6.07, 6.45) is 4.82. The van der Waals surface area contributed by atoms with Crippen molar-refractivity contribution in [2.45, 2.75) is 89.2 Å². The summed E-state index contributed by atoms with van der Waals surface area (Å²) < 4.78 is 20.2. The molecule has 1 aliphatic rings. The first-order valence-electron chi connectivity index (χ1n) is 9.68. The van der Waals surface area contributed by atoms with Gasteiger partial charge in [0.15, 0.2) is 8.32 Å². The van der Waals surface area contributed by atoms with Crippen molar-refractivity contribution in [3.8, 4) is 0 Å². The highest BCUT2D eigenvalue weighted by atomic mass is 28.4. The van der Waals surface area contributed by atoms with Gasteiger partial charge in [-0.1, -0.05) is 39.0 Å². The second kappa shape index (κ2) is 7.21. The maximum Gasteiger partial charge on any atom is 0.192 e. The molecular weight excluding hydrogens is 341 g/mol. The smallest absolute Gasteiger partial charge is 0.192 e. The minimum Gasteiger partial charge on any atom is -0.410 e. The van der Waals surface area contributed by atoms with E-state index in [1.807, 2.05) is 18.2 Å². The lowest BCUT2D eigenvalue weighted by molar-refractivity contribution is 0.0511. The third kappa shape index (κ3) is 4.29. The van der Waals surface area contributed by atoms with Crippen molar-refractivity contribution in [2.75, 3.05) is 0 Å². The average Bonchev–Trinajstić information content (AvgIpc) is 2.92. The summed E-state index contributed by atoms with van der Waals surface area (Å²) in [5.41, 5.74) is 0.685. The fourth-order valence-electron chi connectivity index (χ4n) is 3.79. The lowest BCUT2D eigenvalue weighted by atomic mass is 9.85. The van der Waals surface area contributed by atoms with Crippen molar-refractivity contribution in [1.29, 1.82) is 0 Å². The molecule has 4 heteroatoms. The second-order valence-corrected chi connectivity index (χ2v) is 14.5. The van der Waals surface area contributed by atoms with Crippen LogP contribution in [0.4, 0.5) is 4.39 Å². The van der Waals surface area contributed by atoms with Crippen molar-refractivity contribution < 1.29 is 8.82 Å². The minimum atomic E-state index is -1.87. The summed E-state index contributed by atoms with van der Waals surface area (Å²) in [5.74, 6) is -0.196. The molecule has 0 unspecified atom stereocenters. The molecule has 1 saturated heterocycles. The first kappa shape index (κ1) is 21.3. The largest absolute Gasteiger partial charge is 0.410 e. The monoisotopic (exact) mass is 377 g/mol. The quantitative estimate of drug-likeness (QED) is 0.474. The number of hydrogen-bond acceptors (Lipinski definition) is 2. The molecule has 2 atom stereocenters. The number of halogens is 1. The van der Waals surface area contributed by atoms with E-state index in [9.17, 15) is 4.39 Å². The highest BCUT2D eigenvalue weighted by Gasteiger charge is 2.49. The molecule has 0 amide bonds. The molecule has 146 valence electrons. The Labute approximate surface area is 160 Å². The van der Waals surface area contributed by atoms with E-state index in [1.165, 1.54) is 0 Å². The highest BCUT2D eigenvalue weighted by molar-refractivity contribution is 6.74. The van der Waals surface area contributed by atoms with Crippen LogP contribution in [0.5, 0.6) is 0 Å². The van der Waals surface area contributed by atoms with Crippen molar-refractivity contribution in [1.82, 2.24) is 5.32 Å². The van der Waals surface area contributed by atoms with Crippen LogP contribution in [-0.4, -0.2) is 20.0 Å². The molecule has 0 aromatic heterocycles. The van der Waals surface area contributed by atoms with Gasteiger partial charge in [-0.3, -0.25) is 0 Å². The molecule has 1 aliphatic heterocycles. The predicted octanol–water partition coefficient (Wildman–Crippen LogP) is 6.15. The van der Waals surface area contributed by atoms with Gasteiger partial charge in [-0.25, -0.2) is 4.39 Å². The van der Waals surface area contributed by atoms with Crippen LogP contribution in [0.3, 0.4) is 0 Å². The predicted molar refractivity (Wildman–Crippen MR) is 111 cm³/mol. The molecule has 2 nitrogen and oxygen atoms in total. The summed E-state index contributed by atoms with van der Waals surface area (Å²) >= 11 is 0. The number of hydrogen-bond donors (Lipinski definition) is 1. The Bertz CT molecular complexity index is 633. The maximum absolute atomic E-state index is 13.4. The van der Waals surface area contributed by atoms with E-state index in [2.05, 4.69) is 59.6 Å². The number of rotatable bonds is 6. The van der Waals surface area contributed by atoms with Crippen LogP contribution in [-0.2, 0) is 9.96 Å². The van der Waals surface area contributed by atoms with Gasteiger partial charge >= 0.3 is 0 Å². The van der Waals surface area contributed by atoms with Crippen LogP contribution < -0.4 is 5.32 Å². The molecule has 1 fully saturated rings. The Morgan fingerprint density at radius 1 is 1.23 bits per heavy atom. The first-order chi connectivity index (χ1) is 11.8. The Kier molecular flexibility index (Phi) is 5.92. The third-order valence-electron chi connectivity index (χ3n) is 6.36. The molecule has 0 aliphatic carbocycles. The van der Waals surface area contributed by atoms with Crippen LogP contribution in [0.1, 0.15) is 59.4 Å². The summed E-state index contributed by atoms with van der Waals surface area (Å²) in [6.45, 7) is 19.8. The zero-order chi connectivity index (χ0) is 19.8. The zero-order valence-corrected chi connectivity index (χ0v) is 18.6. The van der Waals surface area contributed by atoms with Gasteiger partial charge in [0.2, 0.25) is 0 Å². The molecule has 26 heavy (non-hydrogen) atoms. The molecule has 0 radical (unpaired) electrons. The van der Waals surface area contributed by atoms with E-state index in [0.717, 1.165) is 24.8 Å². The van der Waals surface area contributed by atoms with Crippen molar-refractivity contribution >= 4 is 8.32 Å². The highest BCUT2D eigenvalue weighted by Crippen LogP contribution is 2.44. The Morgan fingerprint density at radius 3 is 2.31 bits per heavy atom. The zero-order valence-electron chi connectivity index (χ0n) is 17.6. The summed E-state index contributed by atoms with van der Waals surface area (Å²) in [7, 11) is -1.87. The summed E-state index contributed by atoms with van der Waals surface area (Å²) in [6, 6.07) is 7.15. The van der Waals surface area contributed by atoms with E-state index in [4.69, 9.17) is 4.43 Å². The van der Waals surface area contributed by atoms with Crippen molar-refractivity contribution in [3.63, 3.8) is 0 Å². The van der Waals surface area contributed by atoms with Gasteiger partial charge in [0.25, 0.3) is 0 Å². The molecule has 2 rings (SSSR count). The molecule has 0 bridgehead atoms. The third-order valence-corrected chi connectivity index (χ3v) is 11.0. The normalized spacial score (nSPS) is 24.7. The van der Waals surface area contributed by atoms with Crippen LogP contribution in [0, 0.1) is 5.82 Å². The SMILES string of the molecule is C=CC[C@@]1(c2ccc(F)cc2)CC[C@H](C(C)(C)O[Si](C)(C)C(C)(C)C)N1. The van der Waals surface area contributed by atoms with Gasteiger partial charge in [-0.05, 0) is 68.9 Å². The van der Waals surface area contributed by atoms with Crippen LogP contribution in [0.25, 0.3) is 0 Å². The van der Waals surface area contributed by atoms with Gasteiger partial charge in [0.1, 0.15) is 5.82 Å². The van der Waals surface area contributed by atoms with Gasteiger partial charge in [-0.15, -0.1) is 6.58 Å². The second-order valence-electron chi connectivity index (χ2n) is 9.78. The van der Waals surface area contributed by atoms with E-state index in [0.29, 0.717) is 0 Å². The topological polar surface area (TPSA) is 21.3 Å². The molecule has 1 heterocycles. The van der Waals surface area contributed by atoms with Crippen molar-refractivity contribution in [3.05, 3.63) is 48.3 Å². The van der Waals surface area contributed by atoms with Gasteiger partial charge in [0, 0.05) is 11.6 Å². The standard InChI is InChI=1S/C22H36FNOSi/c1-9-15-22(17-10-12-18(23)13-11-17)16-14-19(24-22)21(5,6)25-26(7,8)20(2,3)4/h9-13,19,24H,1,14-16H2,2-8H3/t19-,22+/m1/s1. The number of nitrogens with one attached hydrogen (secondary N) is 1. The maximum atomic E-state index is 13.4. The minimum absolute atomic E-state index is 0.179. The van der Waals surface area contributed by atoms with Crippen LogP contribution in [0.2, 0.25) is 18.1 Å². The average molecular weight is 378 g/mol. The van der Waals surface area contributed by atoms with Crippen LogP contribution in [0.15, 0.2) is 36.9 Å².